The number of rotatable bonds is 7. The van der Waals surface area contributed by atoms with E-state index in [4.69, 9.17) is 4.74 Å². The van der Waals surface area contributed by atoms with Gasteiger partial charge in [-0.05, 0) is 24.5 Å². The van der Waals surface area contributed by atoms with Crippen molar-refractivity contribution in [1.29, 1.82) is 0 Å². The van der Waals surface area contributed by atoms with Crippen LogP contribution >= 0.6 is 23.1 Å². The number of aromatic nitrogens is 1. The van der Waals surface area contributed by atoms with Crippen molar-refractivity contribution < 1.29 is 9.53 Å². The minimum atomic E-state index is 0.138. The van der Waals surface area contributed by atoms with Gasteiger partial charge < -0.3 is 4.74 Å². The first-order valence-electron chi connectivity index (χ1n) is 7.55. The average molecular weight is 355 g/mol. The van der Waals surface area contributed by atoms with Gasteiger partial charge in [0.05, 0.1) is 11.4 Å². The van der Waals surface area contributed by atoms with Crippen LogP contribution in [0.2, 0.25) is 0 Å². The summed E-state index contributed by atoms with van der Waals surface area (Å²) in [5, 5.41) is 2.74. The number of ether oxygens (including phenoxy) is 1. The summed E-state index contributed by atoms with van der Waals surface area (Å²) in [6.07, 6.45) is 4.46. The number of hydrogen-bond acceptors (Lipinski definition) is 5. The molecule has 0 aliphatic heterocycles. The van der Waals surface area contributed by atoms with E-state index in [1.165, 1.54) is 11.3 Å². The summed E-state index contributed by atoms with van der Waals surface area (Å²) in [4.78, 5) is 17.6. The van der Waals surface area contributed by atoms with Crippen LogP contribution < -0.4 is 4.74 Å². The van der Waals surface area contributed by atoms with E-state index in [9.17, 15) is 4.79 Å². The Labute approximate surface area is 149 Å². The topological polar surface area (TPSA) is 39.2 Å². The van der Waals surface area contributed by atoms with Crippen molar-refractivity contribution in [2.24, 2.45) is 0 Å². The van der Waals surface area contributed by atoms with Gasteiger partial charge in [0.15, 0.2) is 0 Å². The molecule has 0 unspecified atom stereocenters. The summed E-state index contributed by atoms with van der Waals surface area (Å²) < 4.78 is 6.08. The highest BCUT2D eigenvalue weighted by molar-refractivity contribution is 7.98. The summed E-state index contributed by atoms with van der Waals surface area (Å²) in [7, 11) is 0. The van der Waals surface area contributed by atoms with Crippen molar-refractivity contribution in [1.82, 2.24) is 4.98 Å². The minimum absolute atomic E-state index is 0.138. The van der Waals surface area contributed by atoms with E-state index in [1.54, 1.807) is 18.0 Å². The summed E-state index contributed by atoms with van der Waals surface area (Å²) in [5.41, 5.74) is 0.898. The molecule has 0 fully saturated rings. The van der Waals surface area contributed by atoms with Crippen molar-refractivity contribution in [3.05, 3.63) is 70.7 Å². The maximum Gasteiger partial charge on any atom is 0.144 e. The van der Waals surface area contributed by atoms with Gasteiger partial charge in [-0.2, -0.15) is 0 Å². The van der Waals surface area contributed by atoms with Crippen LogP contribution in [0.3, 0.4) is 0 Å². The third-order valence-corrected chi connectivity index (χ3v) is 5.04. The Balaban J connectivity index is 1.76. The fraction of sp³-hybridized carbons (Fsp3) is 0.158. The number of thiazole rings is 1. The van der Waals surface area contributed by atoms with Gasteiger partial charge in [-0.3, -0.25) is 4.79 Å². The first-order valence-corrected chi connectivity index (χ1v) is 9.65. The maximum absolute atomic E-state index is 12.3. The molecule has 1 aromatic heterocycles. The summed E-state index contributed by atoms with van der Waals surface area (Å²) >= 11 is 3.15. The second-order valence-corrected chi connectivity index (χ2v) is 7.01. The molecule has 0 N–H and O–H groups in total. The molecule has 24 heavy (non-hydrogen) atoms. The molecule has 122 valence electrons. The largest absolute Gasteiger partial charge is 0.456 e. The van der Waals surface area contributed by atoms with Gasteiger partial charge in [0.2, 0.25) is 0 Å². The second-order valence-electron chi connectivity index (χ2n) is 5.18. The van der Waals surface area contributed by atoms with E-state index in [0.717, 1.165) is 27.0 Å². The van der Waals surface area contributed by atoms with Crippen molar-refractivity contribution in [3.8, 4) is 11.5 Å². The lowest BCUT2D eigenvalue weighted by Gasteiger charge is -2.13. The lowest BCUT2D eigenvalue weighted by Crippen LogP contribution is -2.07. The number of benzene rings is 2. The lowest BCUT2D eigenvalue weighted by molar-refractivity contribution is -0.117. The van der Waals surface area contributed by atoms with Crippen LogP contribution in [0.25, 0.3) is 0 Å². The fourth-order valence-corrected chi connectivity index (χ4v) is 3.53. The van der Waals surface area contributed by atoms with Gasteiger partial charge in [-0.15, -0.1) is 23.1 Å². The van der Waals surface area contributed by atoms with Gasteiger partial charge in [0.1, 0.15) is 17.3 Å². The predicted octanol–water partition coefficient (Wildman–Crippen LogP) is 5.01. The normalized spacial score (nSPS) is 10.5. The average Bonchev–Trinajstić information content (AvgIpc) is 3.10. The van der Waals surface area contributed by atoms with E-state index in [1.807, 2.05) is 60.2 Å². The molecular formula is C19H17NO2S2. The predicted molar refractivity (Wildman–Crippen MR) is 99.3 cm³/mol. The number of para-hydroxylation sites is 2. The van der Waals surface area contributed by atoms with Crippen LogP contribution in [0.5, 0.6) is 11.5 Å². The zero-order chi connectivity index (χ0) is 16.8. The smallest absolute Gasteiger partial charge is 0.144 e. The number of ketones is 1. The summed E-state index contributed by atoms with van der Waals surface area (Å²) in [5.74, 6) is 1.68. The van der Waals surface area contributed by atoms with Crippen LogP contribution in [-0.4, -0.2) is 17.0 Å². The van der Waals surface area contributed by atoms with Crippen LogP contribution in [0, 0.1) is 0 Å². The Bertz CT molecular complexity index is 816. The van der Waals surface area contributed by atoms with Gasteiger partial charge in [0, 0.05) is 28.5 Å². The molecule has 0 saturated heterocycles. The Morgan fingerprint density at radius 1 is 1.08 bits per heavy atom. The van der Waals surface area contributed by atoms with Gasteiger partial charge in [0.25, 0.3) is 0 Å². The van der Waals surface area contributed by atoms with Gasteiger partial charge in [-0.25, -0.2) is 4.98 Å². The number of nitrogens with zero attached hydrogens (tertiary/aromatic N) is 1. The number of hydrogen-bond donors (Lipinski definition) is 0. The van der Waals surface area contributed by atoms with Crippen molar-refractivity contribution in [3.63, 3.8) is 0 Å². The highest BCUT2D eigenvalue weighted by Crippen LogP contribution is 2.33. The molecule has 0 aliphatic carbocycles. The first-order chi connectivity index (χ1) is 11.8. The van der Waals surface area contributed by atoms with Crippen LogP contribution in [0.4, 0.5) is 0 Å². The second kappa shape index (κ2) is 8.13. The van der Waals surface area contributed by atoms with E-state index in [-0.39, 0.29) is 5.78 Å². The monoisotopic (exact) mass is 355 g/mol. The highest BCUT2D eigenvalue weighted by atomic mass is 32.2. The zero-order valence-electron chi connectivity index (χ0n) is 13.3. The molecule has 3 nitrogen and oxygen atoms in total. The highest BCUT2D eigenvalue weighted by Gasteiger charge is 2.12. The standard InChI is InChI=1S/C19H17NO2S2/c1-23-18-9-5-4-8-17(18)22-16-7-3-2-6-14(16)12-15(21)13-19-20-10-11-24-19/h2-11H,12-13H2,1H3. The van der Waals surface area contributed by atoms with Crippen molar-refractivity contribution in [2.45, 2.75) is 17.7 Å². The summed E-state index contributed by atoms with van der Waals surface area (Å²) in [6, 6.07) is 15.6. The Morgan fingerprint density at radius 3 is 2.58 bits per heavy atom. The van der Waals surface area contributed by atoms with Crippen molar-refractivity contribution >= 4 is 28.9 Å². The molecule has 3 rings (SSSR count). The quantitative estimate of drug-likeness (QED) is 0.558. The Hall–Kier alpha value is -2.11. The van der Waals surface area contributed by atoms with Crippen LogP contribution in [0.1, 0.15) is 10.6 Å². The molecule has 0 amide bonds. The van der Waals surface area contributed by atoms with E-state index in [0.29, 0.717) is 12.8 Å². The summed E-state index contributed by atoms with van der Waals surface area (Å²) in [6.45, 7) is 0. The fourth-order valence-electron chi connectivity index (χ4n) is 2.35. The maximum atomic E-state index is 12.3. The molecule has 2 aromatic carbocycles. The molecule has 0 saturated carbocycles. The van der Waals surface area contributed by atoms with E-state index < -0.39 is 0 Å². The lowest BCUT2D eigenvalue weighted by atomic mass is 10.1. The molecule has 0 radical (unpaired) electrons. The number of thioether (sulfide) groups is 1. The van der Waals surface area contributed by atoms with Crippen LogP contribution in [-0.2, 0) is 17.6 Å². The Morgan fingerprint density at radius 2 is 1.83 bits per heavy atom. The molecule has 5 heteroatoms. The molecule has 0 aliphatic rings. The molecular weight excluding hydrogens is 338 g/mol. The molecule has 0 spiro atoms. The van der Waals surface area contributed by atoms with Gasteiger partial charge in [-0.1, -0.05) is 30.3 Å². The SMILES string of the molecule is CSc1ccccc1Oc1ccccc1CC(=O)Cc1nccs1. The minimum Gasteiger partial charge on any atom is -0.456 e. The third-order valence-electron chi connectivity index (χ3n) is 3.48. The molecule has 1 heterocycles. The number of carbonyl (C=O) groups excluding carboxylic acids is 1. The zero-order valence-corrected chi connectivity index (χ0v) is 14.9. The third kappa shape index (κ3) is 4.24. The first kappa shape index (κ1) is 16.7. The van der Waals surface area contributed by atoms with E-state index in [2.05, 4.69) is 4.98 Å². The van der Waals surface area contributed by atoms with Gasteiger partial charge >= 0.3 is 0 Å². The van der Waals surface area contributed by atoms with E-state index >= 15 is 0 Å². The van der Waals surface area contributed by atoms with Crippen molar-refractivity contribution in [2.75, 3.05) is 6.26 Å². The number of Topliss-reactive ketones (excluding diaryl/α,β-unsaturated/α-hetero) is 1. The molecule has 0 atom stereocenters. The Kier molecular flexibility index (Phi) is 5.67. The number of carbonyl (C=O) groups is 1. The molecule has 3 aromatic rings. The van der Waals surface area contributed by atoms with Crippen LogP contribution in [0.15, 0.2) is 65.0 Å². The molecule has 0 bridgehead atoms.